The van der Waals surface area contributed by atoms with E-state index in [4.69, 9.17) is 4.74 Å². The molecule has 0 radical (unpaired) electrons. The minimum Gasteiger partial charge on any atom is -0.496 e. The molecule has 0 aromatic heterocycles. The number of piperidine rings is 1. The van der Waals surface area contributed by atoms with E-state index in [1.807, 2.05) is 0 Å². The third-order valence-corrected chi connectivity index (χ3v) is 4.21. The largest absolute Gasteiger partial charge is 0.496 e. The molecule has 1 fully saturated rings. The first-order chi connectivity index (χ1) is 9.70. The third kappa shape index (κ3) is 4.22. The summed E-state index contributed by atoms with van der Waals surface area (Å²) >= 11 is 0. The van der Waals surface area contributed by atoms with Gasteiger partial charge in [0.1, 0.15) is 5.75 Å². The SMILES string of the molecule is COc1ccc(C)cc1CNCC(C)N1CCCCC1. The predicted octanol–water partition coefficient (Wildman–Crippen LogP) is 2.97. The van der Waals surface area contributed by atoms with Crippen molar-refractivity contribution in [1.29, 1.82) is 0 Å². The van der Waals surface area contributed by atoms with Crippen LogP contribution >= 0.6 is 0 Å². The number of rotatable bonds is 6. The van der Waals surface area contributed by atoms with E-state index in [0.717, 1.165) is 18.8 Å². The van der Waals surface area contributed by atoms with E-state index in [1.165, 1.54) is 43.5 Å². The summed E-state index contributed by atoms with van der Waals surface area (Å²) in [6.45, 7) is 8.89. The zero-order valence-electron chi connectivity index (χ0n) is 13.1. The van der Waals surface area contributed by atoms with Crippen molar-refractivity contribution in [3.8, 4) is 5.75 Å². The maximum atomic E-state index is 5.42. The quantitative estimate of drug-likeness (QED) is 0.864. The number of nitrogens with one attached hydrogen (secondary N) is 1. The van der Waals surface area contributed by atoms with Gasteiger partial charge in [0.25, 0.3) is 0 Å². The van der Waals surface area contributed by atoms with E-state index in [0.29, 0.717) is 6.04 Å². The van der Waals surface area contributed by atoms with Crippen LogP contribution in [0, 0.1) is 6.92 Å². The second-order valence-corrected chi connectivity index (χ2v) is 5.89. The molecule has 20 heavy (non-hydrogen) atoms. The van der Waals surface area contributed by atoms with Gasteiger partial charge in [-0.1, -0.05) is 24.1 Å². The molecule has 0 spiro atoms. The molecular weight excluding hydrogens is 248 g/mol. The molecule has 0 amide bonds. The van der Waals surface area contributed by atoms with E-state index in [2.05, 4.69) is 42.3 Å². The van der Waals surface area contributed by atoms with Crippen LogP contribution in [-0.4, -0.2) is 37.7 Å². The fraction of sp³-hybridized carbons (Fsp3) is 0.647. The van der Waals surface area contributed by atoms with E-state index in [-0.39, 0.29) is 0 Å². The number of likely N-dealkylation sites (tertiary alicyclic amines) is 1. The normalized spacial score (nSPS) is 17.9. The number of hydrogen-bond acceptors (Lipinski definition) is 3. The van der Waals surface area contributed by atoms with Crippen molar-refractivity contribution in [2.45, 2.75) is 45.7 Å². The number of methoxy groups -OCH3 is 1. The Morgan fingerprint density at radius 1 is 1.25 bits per heavy atom. The van der Waals surface area contributed by atoms with Crippen molar-refractivity contribution >= 4 is 0 Å². The highest BCUT2D eigenvalue weighted by Crippen LogP contribution is 2.19. The highest BCUT2D eigenvalue weighted by atomic mass is 16.5. The molecule has 1 heterocycles. The minimum atomic E-state index is 0.617. The summed E-state index contributed by atoms with van der Waals surface area (Å²) in [5, 5.41) is 3.58. The highest BCUT2D eigenvalue weighted by molar-refractivity contribution is 5.36. The molecule has 0 aliphatic carbocycles. The van der Waals surface area contributed by atoms with Crippen molar-refractivity contribution in [3.05, 3.63) is 29.3 Å². The van der Waals surface area contributed by atoms with Gasteiger partial charge in [-0.05, 0) is 45.8 Å². The van der Waals surface area contributed by atoms with Gasteiger partial charge in [-0.3, -0.25) is 4.90 Å². The van der Waals surface area contributed by atoms with Crippen LogP contribution in [0.2, 0.25) is 0 Å². The number of aryl methyl sites for hydroxylation is 1. The molecule has 1 atom stereocenters. The maximum absolute atomic E-state index is 5.42. The molecule has 1 aromatic carbocycles. The molecule has 0 saturated carbocycles. The van der Waals surface area contributed by atoms with Gasteiger partial charge in [0.15, 0.2) is 0 Å². The smallest absolute Gasteiger partial charge is 0.123 e. The zero-order chi connectivity index (χ0) is 14.4. The highest BCUT2D eigenvalue weighted by Gasteiger charge is 2.16. The summed E-state index contributed by atoms with van der Waals surface area (Å²) < 4.78 is 5.42. The molecule has 1 unspecified atom stereocenters. The Morgan fingerprint density at radius 3 is 2.70 bits per heavy atom. The Kier molecular flexibility index (Phi) is 5.86. The van der Waals surface area contributed by atoms with Crippen molar-refractivity contribution < 1.29 is 4.74 Å². The van der Waals surface area contributed by atoms with E-state index in [9.17, 15) is 0 Å². The van der Waals surface area contributed by atoms with Crippen LogP contribution in [0.1, 0.15) is 37.3 Å². The van der Waals surface area contributed by atoms with Crippen molar-refractivity contribution in [2.75, 3.05) is 26.7 Å². The van der Waals surface area contributed by atoms with Gasteiger partial charge in [-0.25, -0.2) is 0 Å². The van der Waals surface area contributed by atoms with Crippen molar-refractivity contribution in [3.63, 3.8) is 0 Å². The number of benzene rings is 1. The van der Waals surface area contributed by atoms with E-state index < -0.39 is 0 Å². The standard InChI is InChI=1S/C17H28N2O/c1-14-7-8-17(20-3)16(11-14)13-18-12-15(2)19-9-5-4-6-10-19/h7-8,11,15,18H,4-6,9-10,12-13H2,1-3H3. The lowest BCUT2D eigenvalue weighted by Crippen LogP contribution is -2.42. The topological polar surface area (TPSA) is 24.5 Å². The van der Waals surface area contributed by atoms with Gasteiger partial charge < -0.3 is 10.1 Å². The lowest BCUT2D eigenvalue weighted by atomic mass is 10.1. The number of nitrogens with zero attached hydrogens (tertiary/aromatic N) is 1. The van der Waals surface area contributed by atoms with Gasteiger partial charge >= 0.3 is 0 Å². The Hall–Kier alpha value is -1.06. The van der Waals surface area contributed by atoms with Crippen LogP contribution in [0.15, 0.2) is 18.2 Å². The summed E-state index contributed by atoms with van der Waals surface area (Å²) in [4.78, 5) is 2.60. The van der Waals surface area contributed by atoms with Crippen LogP contribution in [0.25, 0.3) is 0 Å². The molecule has 1 aliphatic heterocycles. The van der Waals surface area contributed by atoms with Crippen molar-refractivity contribution in [2.24, 2.45) is 0 Å². The summed E-state index contributed by atoms with van der Waals surface area (Å²) in [6, 6.07) is 6.97. The summed E-state index contributed by atoms with van der Waals surface area (Å²) in [5.41, 5.74) is 2.53. The molecule has 3 heteroatoms. The Balaban J connectivity index is 1.81. The predicted molar refractivity (Wildman–Crippen MR) is 84.3 cm³/mol. The molecule has 2 rings (SSSR count). The van der Waals surface area contributed by atoms with Crippen LogP contribution < -0.4 is 10.1 Å². The monoisotopic (exact) mass is 276 g/mol. The lowest BCUT2D eigenvalue weighted by molar-refractivity contribution is 0.170. The molecule has 1 N–H and O–H groups in total. The average molecular weight is 276 g/mol. The first-order valence-corrected chi connectivity index (χ1v) is 7.79. The van der Waals surface area contributed by atoms with Crippen LogP contribution in [0.3, 0.4) is 0 Å². The molecular formula is C17H28N2O. The summed E-state index contributed by atoms with van der Waals surface area (Å²) in [7, 11) is 1.74. The van der Waals surface area contributed by atoms with Gasteiger partial charge in [0.2, 0.25) is 0 Å². The summed E-state index contributed by atoms with van der Waals surface area (Å²) in [5.74, 6) is 0.980. The fourth-order valence-corrected chi connectivity index (χ4v) is 2.95. The maximum Gasteiger partial charge on any atom is 0.123 e. The second kappa shape index (κ2) is 7.65. The third-order valence-electron chi connectivity index (χ3n) is 4.21. The molecule has 1 aliphatic rings. The van der Waals surface area contributed by atoms with E-state index >= 15 is 0 Å². The molecule has 3 nitrogen and oxygen atoms in total. The van der Waals surface area contributed by atoms with Gasteiger partial charge in [-0.15, -0.1) is 0 Å². The first-order valence-electron chi connectivity index (χ1n) is 7.79. The Morgan fingerprint density at radius 2 is 2.00 bits per heavy atom. The number of ether oxygens (including phenoxy) is 1. The lowest BCUT2D eigenvalue weighted by Gasteiger charge is -2.32. The van der Waals surface area contributed by atoms with Gasteiger partial charge in [0, 0.05) is 24.7 Å². The van der Waals surface area contributed by atoms with Gasteiger partial charge in [0.05, 0.1) is 7.11 Å². The molecule has 1 saturated heterocycles. The fourth-order valence-electron chi connectivity index (χ4n) is 2.95. The van der Waals surface area contributed by atoms with Crippen LogP contribution in [-0.2, 0) is 6.54 Å². The molecule has 112 valence electrons. The first kappa shape index (κ1) is 15.3. The Labute approximate surface area is 123 Å². The zero-order valence-corrected chi connectivity index (χ0v) is 13.1. The van der Waals surface area contributed by atoms with Crippen molar-refractivity contribution in [1.82, 2.24) is 10.2 Å². The van der Waals surface area contributed by atoms with Crippen LogP contribution in [0.4, 0.5) is 0 Å². The number of hydrogen-bond donors (Lipinski definition) is 1. The molecule has 0 bridgehead atoms. The average Bonchev–Trinajstić information content (AvgIpc) is 2.48. The minimum absolute atomic E-state index is 0.617. The van der Waals surface area contributed by atoms with Gasteiger partial charge in [-0.2, -0.15) is 0 Å². The molecule has 1 aromatic rings. The Bertz CT molecular complexity index is 413. The van der Waals surface area contributed by atoms with Crippen LogP contribution in [0.5, 0.6) is 5.75 Å². The summed E-state index contributed by atoms with van der Waals surface area (Å²) in [6.07, 6.45) is 4.11. The second-order valence-electron chi connectivity index (χ2n) is 5.89. The van der Waals surface area contributed by atoms with E-state index in [1.54, 1.807) is 7.11 Å².